The van der Waals surface area contributed by atoms with E-state index in [1.807, 2.05) is 6.07 Å². The number of nitrogens with zero attached hydrogens (tertiary/aromatic N) is 2. The molecule has 1 atom stereocenters. The van der Waals surface area contributed by atoms with E-state index in [2.05, 4.69) is 5.10 Å². The number of aryl methyl sites for hydroxylation is 2. The normalized spacial score (nSPS) is 24.2. The van der Waals surface area contributed by atoms with Gasteiger partial charge in [-0.05, 0) is 18.9 Å². The van der Waals surface area contributed by atoms with Gasteiger partial charge in [-0.2, -0.15) is 5.10 Å². The predicted molar refractivity (Wildman–Crippen MR) is 62.0 cm³/mol. The van der Waals surface area contributed by atoms with Gasteiger partial charge >= 0.3 is 5.97 Å². The number of carbonyl (C=O) groups excluding carboxylic acids is 1. The number of carbonyl (C=O) groups is 2. The van der Waals surface area contributed by atoms with Gasteiger partial charge in [0, 0.05) is 25.4 Å². The lowest BCUT2D eigenvalue weighted by Gasteiger charge is -2.31. The fourth-order valence-corrected chi connectivity index (χ4v) is 2.22. The number of rotatable bonds is 4. The lowest BCUT2D eigenvalue weighted by molar-refractivity contribution is -0.165. The van der Waals surface area contributed by atoms with Gasteiger partial charge in [0.15, 0.2) is 5.78 Å². The van der Waals surface area contributed by atoms with Gasteiger partial charge in [-0.1, -0.05) is 0 Å². The Morgan fingerprint density at radius 2 is 2.44 bits per heavy atom. The summed E-state index contributed by atoms with van der Waals surface area (Å²) in [6.07, 6.45) is 2.58. The Balaban J connectivity index is 2.14. The Hall–Kier alpha value is -1.69. The molecule has 0 aromatic carbocycles. The quantitative estimate of drug-likeness (QED) is 0.785. The van der Waals surface area contributed by atoms with E-state index >= 15 is 0 Å². The molecule has 2 heterocycles. The van der Waals surface area contributed by atoms with Crippen molar-refractivity contribution in [2.45, 2.75) is 19.3 Å². The highest BCUT2D eigenvalue weighted by molar-refractivity contribution is 6.03. The van der Waals surface area contributed by atoms with Gasteiger partial charge in [0.1, 0.15) is 5.41 Å². The van der Waals surface area contributed by atoms with Crippen LogP contribution >= 0.6 is 0 Å². The predicted octanol–water partition coefficient (Wildman–Crippen LogP) is 0.413. The second-order valence-electron chi connectivity index (χ2n) is 4.56. The van der Waals surface area contributed by atoms with Gasteiger partial charge in [-0.25, -0.2) is 0 Å². The zero-order chi connectivity index (χ0) is 13.2. The fraction of sp³-hybridized carbons (Fsp3) is 0.583. The van der Waals surface area contributed by atoms with Crippen LogP contribution in [0.1, 0.15) is 18.5 Å². The Kier molecular flexibility index (Phi) is 3.47. The van der Waals surface area contributed by atoms with Crippen molar-refractivity contribution in [3.63, 3.8) is 0 Å². The van der Waals surface area contributed by atoms with Gasteiger partial charge in [-0.3, -0.25) is 14.3 Å². The maximum atomic E-state index is 11.9. The molecular weight excluding hydrogens is 236 g/mol. The number of carboxylic acid groups (broad SMARTS) is 1. The Morgan fingerprint density at radius 1 is 1.67 bits per heavy atom. The summed E-state index contributed by atoms with van der Waals surface area (Å²) in [5, 5.41) is 13.4. The van der Waals surface area contributed by atoms with Crippen LogP contribution in [-0.4, -0.2) is 39.9 Å². The van der Waals surface area contributed by atoms with Crippen molar-refractivity contribution >= 4 is 11.8 Å². The summed E-state index contributed by atoms with van der Waals surface area (Å²) in [7, 11) is 1.79. The van der Waals surface area contributed by atoms with Crippen LogP contribution in [-0.2, 0) is 27.8 Å². The zero-order valence-electron chi connectivity index (χ0n) is 10.3. The molecule has 2 rings (SSSR count). The summed E-state index contributed by atoms with van der Waals surface area (Å²) in [4.78, 5) is 23.3. The standard InChI is InChI=1S/C12H16N2O4/c1-14-9(3-6-13-14)2-5-12(11(16)17)8-18-7-4-10(12)15/h3,6H,2,4-5,7-8H2,1H3,(H,16,17). The van der Waals surface area contributed by atoms with Crippen LogP contribution in [0.25, 0.3) is 0 Å². The number of ketones is 1. The maximum Gasteiger partial charge on any atom is 0.319 e. The molecule has 1 saturated heterocycles. The molecule has 0 bridgehead atoms. The smallest absolute Gasteiger partial charge is 0.319 e. The van der Waals surface area contributed by atoms with Crippen LogP contribution in [0.5, 0.6) is 0 Å². The van der Waals surface area contributed by atoms with Gasteiger partial charge in [0.2, 0.25) is 0 Å². The van der Waals surface area contributed by atoms with Crippen LogP contribution in [0.4, 0.5) is 0 Å². The van der Waals surface area contributed by atoms with Crippen LogP contribution in [0.15, 0.2) is 12.3 Å². The summed E-state index contributed by atoms with van der Waals surface area (Å²) in [5.74, 6) is -1.32. The molecule has 0 spiro atoms. The Bertz CT molecular complexity index is 468. The van der Waals surface area contributed by atoms with Crippen molar-refractivity contribution in [2.24, 2.45) is 12.5 Å². The molecule has 1 unspecified atom stereocenters. The van der Waals surface area contributed by atoms with Crippen LogP contribution < -0.4 is 0 Å². The van der Waals surface area contributed by atoms with Crippen LogP contribution in [0.3, 0.4) is 0 Å². The molecule has 6 nitrogen and oxygen atoms in total. The topological polar surface area (TPSA) is 81.4 Å². The van der Waals surface area contributed by atoms with E-state index in [4.69, 9.17) is 4.74 Å². The number of carboxylic acids is 1. The van der Waals surface area contributed by atoms with E-state index in [0.29, 0.717) is 13.0 Å². The van der Waals surface area contributed by atoms with Crippen molar-refractivity contribution < 1.29 is 19.4 Å². The molecule has 1 fully saturated rings. The van der Waals surface area contributed by atoms with Crippen molar-refractivity contribution in [3.05, 3.63) is 18.0 Å². The molecule has 6 heteroatoms. The molecule has 98 valence electrons. The number of aliphatic carboxylic acids is 1. The number of Topliss-reactive ketones (excluding diaryl/α,β-unsaturated/α-hetero) is 1. The molecule has 18 heavy (non-hydrogen) atoms. The third kappa shape index (κ3) is 2.15. The number of hydrogen-bond acceptors (Lipinski definition) is 4. The van der Waals surface area contributed by atoms with E-state index < -0.39 is 11.4 Å². The van der Waals surface area contributed by atoms with Crippen molar-refractivity contribution in [1.82, 2.24) is 9.78 Å². The molecule has 0 aliphatic carbocycles. The first kappa shape index (κ1) is 12.8. The third-order valence-electron chi connectivity index (χ3n) is 3.50. The van der Waals surface area contributed by atoms with Gasteiger partial charge in [0.05, 0.1) is 13.2 Å². The molecular formula is C12H16N2O4. The van der Waals surface area contributed by atoms with Crippen molar-refractivity contribution in [3.8, 4) is 0 Å². The summed E-state index contributed by atoms with van der Waals surface area (Å²) < 4.78 is 6.88. The molecule has 1 aliphatic heterocycles. The minimum Gasteiger partial charge on any atom is -0.480 e. The Morgan fingerprint density at radius 3 is 3.00 bits per heavy atom. The van der Waals surface area contributed by atoms with E-state index in [1.54, 1.807) is 17.9 Å². The molecule has 1 aromatic rings. The molecule has 0 amide bonds. The number of aromatic nitrogens is 2. The lowest BCUT2D eigenvalue weighted by Crippen LogP contribution is -2.47. The summed E-state index contributed by atoms with van der Waals surface area (Å²) in [5.41, 5.74) is -0.475. The van der Waals surface area contributed by atoms with Gasteiger partial charge < -0.3 is 9.84 Å². The second-order valence-corrected chi connectivity index (χ2v) is 4.56. The highest BCUT2D eigenvalue weighted by Crippen LogP contribution is 2.31. The summed E-state index contributed by atoms with van der Waals surface area (Å²) >= 11 is 0. The second kappa shape index (κ2) is 4.89. The summed E-state index contributed by atoms with van der Waals surface area (Å²) in [6.45, 7) is 0.290. The SMILES string of the molecule is Cn1nccc1CCC1(C(=O)O)COCCC1=O. The minimum absolute atomic E-state index is 0.0288. The molecule has 1 aliphatic rings. The van der Waals surface area contributed by atoms with Crippen molar-refractivity contribution in [1.29, 1.82) is 0 Å². The first-order valence-corrected chi connectivity index (χ1v) is 5.87. The maximum absolute atomic E-state index is 11.9. The zero-order valence-corrected chi connectivity index (χ0v) is 10.3. The number of hydrogen-bond donors (Lipinski definition) is 1. The first-order valence-electron chi connectivity index (χ1n) is 5.87. The molecule has 1 aromatic heterocycles. The van der Waals surface area contributed by atoms with Crippen LogP contribution in [0, 0.1) is 5.41 Å². The van der Waals surface area contributed by atoms with E-state index in [0.717, 1.165) is 5.69 Å². The summed E-state index contributed by atoms with van der Waals surface area (Å²) in [6, 6.07) is 1.82. The average Bonchev–Trinajstić information content (AvgIpc) is 2.74. The number of ether oxygens (including phenoxy) is 1. The van der Waals surface area contributed by atoms with E-state index in [9.17, 15) is 14.7 Å². The van der Waals surface area contributed by atoms with E-state index in [-0.39, 0.29) is 25.2 Å². The first-order chi connectivity index (χ1) is 8.56. The van der Waals surface area contributed by atoms with E-state index in [1.165, 1.54) is 0 Å². The van der Waals surface area contributed by atoms with Gasteiger partial charge in [-0.15, -0.1) is 0 Å². The molecule has 1 N–H and O–H groups in total. The van der Waals surface area contributed by atoms with Crippen molar-refractivity contribution in [2.75, 3.05) is 13.2 Å². The highest BCUT2D eigenvalue weighted by atomic mass is 16.5. The minimum atomic E-state index is -1.39. The highest BCUT2D eigenvalue weighted by Gasteiger charge is 2.47. The fourth-order valence-electron chi connectivity index (χ4n) is 2.22. The molecule has 0 saturated carbocycles. The largest absolute Gasteiger partial charge is 0.480 e. The molecule has 0 radical (unpaired) electrons. The monoisotopic (exact) mass is 252 g/mol. The lowest BCUT2D eigenvalue weighted by atomic mass is 9.77. The Labute approximate surface area is 105 Å². The van der Waals surface area contributed by atoms with Crippen LogP contribution in [0.2, 0.25) is 0 Å². The average molecular weight is 252 g/mol. The third-order valence-corrected chi connectivity index (χ3v) is 3.50. The van der Waals surface area contributed by atoms with Gasteiger partial charge in [0.25, 0.3) is 0 Å².